The van der Waals surface area contributed by atoms with Gasteiger partial charge in [-0.1, -0.05) is 30.2 Å². The highest BCUT2D eigenvalue weighted by Crippen LogP contribution is 2.31. The van der Waals surface area contributed by atoms with E-state index in [2.05, 4.69) is 10.3 Å². The summed E-state index contributed by atoms with van der Waals surface area (Å²) in [4.78, 5) is 30.9. The number of carbonyl (C=O) groups excluding carboxylic acids is 2. The smallest absolute Gasteiger partial charge is 0.231 e. The third-order valence-corrected chi connectivity index (χ3v) is 6.12. The van der Waals surface area contributed by atoms with Crippen LogP contribution in [-0.4, -0.2) is 34.3 Å². The Bertz CT molecular complexity index is 816. The molecule has 7 heteroatoms. The molecular weight excluding hydrogens is 341 g/mol. The van der Waals surface area contributed by atoms with Gasteiger partial charge in [0, 0.05) is 19.0 Å². The van der Waals surface area contributed by atoms with E-state index in [1.807, 2.05) is 4.90 Å². The number of amides is 2. The molecule has 0 spiro atoms. The number of hydrogen-bond acceptors (Lipinski definition) is 4. The molecule has 132 valence electrons. The first-order valence-electron chi connectivity index (χ1n) is 8.77. The normalized spacial score (nSPS) is 21.9. The number of nitrogens with zero attached hydrogens (tertiary/aromatic N) is 2. The van der Waals surface area contributed by atoms with Gasteiger partial charge in [-0.05, 0) is 31.4 Å². The molecule has 25 heavy (non-hydrogen) atoms. The van der Waals surface area contributed by atoms with E-state index in [4.69, 9.17) is 0 Å². The zero-order chi connectivity index (χ0) is 17.4. The minimum absolute atomic E-state index is 0.130. The van der Waals surface area contributed by atoms with E-state index in [0.29, 0.717) is 35.3 Å². The number of rotatable bonds is 3. The van der Waals surface area contributed by atoms with Crippen LogP contribution in [0.1, 0.15) is 38.5 Å². The van der Waals surface area contributed by atoms with Crippen LogP contribution in [0.25, 0.3) is 10.2 Å². The minimum Gasteiger partial charge on any atom is -0.339 e. The zero-order valence-corrected chi connectivity index (χ0v) is 14.7. The molecule has 1 atom stereocenters. The van der Waals surface area contributed by atoms with Crippen LogP contribution in [0.3, 0.4) is 0 Å². The Morgan fingerprint density at radius 3 is 2.84 bits per heavy atom. The van der Waals surface area contributed by atoms with E-state index in [0.717, 1.165) is 25.7 Å². The predicted octanol–water partition coefficient (Wildman–Crippen LogP) is 3.56. The molecule has 1 aromatic heterocycles. The first-order valence-corrected chi connectivity index (χ1v) is 9.59. The molecule has 2 aliphatic rings. The van der Waals surface area contributed by atoms with Gasteiger partial charge in [-0.3, -0.25) is 9.59 Å². The van der Waals surface area contributed by atoms with E-state index in [1.54, 1.807) is 12.1 Å². The van der Waals surface area contributed by atoms with Crippen molar-refractivity contribution in [3.8, 4) is 0 Å². The molecule has 2 fully saturated rings. The minimum atomic E-state index is -0.384. The van der Waals surface area contributed by atoms with Crippen LogP contribution < -0.4 is 5.32 Å². The van der Waals surface area contributed by atoms with Crippen molar-refractivity contribution in [3.05, 3.63) is 24.0 Å². The maximum atomic E-state index is 13.7. The van der Waals surface area contributed by atoms with Gasteiger partial charge >= 0.3 is 0 Å². The van der Waals surface area contributed by atoms with E-state index < -0.39 is 0 Å². The Balaban J connectivity index is 1.46. The third kappa shape index (κ3) is 3.25. The van der Waals surface area contributed by atoms with Crippen molar-refractivity contribution in [1.29, 1.82) is 0 Å². The van der Waals surface area contributed by atoms with Gasteiger partial charge in [0.15, 0.2) is 5.13 Å². The second kappa shape index (κ2) is 6.71. The molecule has 2 amide bonds. The molecule has 2 aromatic rings. The number of carbonyl (C=O) groups is 2. The van der Waals surface area contributed by atoms with E-state index in [-0.39, 0.29) is 29.1 Å². The Labute approximate surface area is 149 Å². The number of likely N-dealkylation sites (tertiary alicyclic amines) is 1. The van der Waals surface area contributed by atoms with Crippen molar-refractivity contribution in [2.45, 2.75) is 44.6 Å². The quantitative estimate of drug-likeness (QED) is 0.909. The summed E-state index contributed by atoms with van der Waals surface area (Å²) in [6.45, 7) is 0.481. The number of aromatic nitrogens is 1. The monoisotopic (exact) mass is 361 g/mol. The Hall–Kier alpha value is -2.02. The number of benzene rings is 1. The van der Waals surface area contributed by atoms with E-state index in [1.165, 1.54) is 17.4 Å². The van der Waals surface area contributed by atoms with Gasteiger partial charge in [0.25, 0.3) is 0 Å². The van der Waals surface area contributed by atoms with Gasteiger partial charge in [0.2, 0.25) is 11.8 Å². The number of piperidine rings is 1. The van der Waals surface area contributed by atoms with E-state index in [9.17, 15) is 14.0 Å². The lowest BCUT2D eigenvalue weighted by Gasteiger charge is -2.36. The van der Waals surface area contributed by atoms with Crippen LogP contribution in [0.2, 0.25) is 0 Å². The molecule has 1 saturated heterocycles. The van der Waals surface area contributed by atoms with Gasteiger partial charge in [-0.15, -0.1) is 0 Å². The highest BCUT2D eigenvalue weighted by atomic mass is 32.1. The summed E-state index contributed by atoms with van der Waals surface area (Å²) in [7, 11) is 0. The average molecular weight is 361 g/mol. The van der Waals surface area contributed by atoms with Crippen LogP contribution in [-0.2, 0) is 9.59 Å². The molecule has 1 unspecified atom stereocenters. The lowest BCUT2D eigenvalue weighted by Crippen LogP contribution is -2.48. The average Bonchev–Trinajstić information content (AvgIpc) is 3.25. The van der Waals surface area contributed by atoms with Crippen molar-refractivity contribution < 1.29 is 14.0 Å². The summed E-state index contributed by atoms with van der Waals surface area (Å²) < 4.78 is 14.5. The Morgan fingerprint density at radius 2 is 2.08 bits per heavy atom. The SMILES string of the molecule is O=C(Nc1nc2c(F)cccc2s1)C1CCC(=O)N(C2CCCC2)C1. The largest absolute Gasteiger partial charge is 0.339 e. The molecule has 1 saturated carbocycles. The lowest BCUT2D eigenvalue weighted by atomic mass is 9.95. The van der Waals surface area contributed by atoms with Crippen molar-refractivity contribution in [2.75, 3.05) is 11.9 Å². The van der Waals surface area contributed by atoms with Crippen LogP contribution in [0, 0.1) is 11.7 Å². The van der Waals surface area contributed by atoms with Gasteiger partial charge in [-0.25, -0.2) is 9.37 Å². The maximum absolute atomic E-state index is 13.7. The first kappa shape index (κ1) is 16.4. The maximum Gasteiger partial charge on any atom is 0.231 e. The summed E-state index contributed by atoms with van der Waals surface area (Å²) in [5.41, 5.74) is 0.286. The summed E-state index contributed by atoms with van der Waals surface area (Å²) in [6.07, 6.45) is 5.37. The van der Waals surface area contributed by atoms with Crippen molar-refractivity contribution in [1.82, 2.24) is 9.88 Å². The molecule has 5 nitrogen and oxygen atoms in total. The number of halogens is 1. The van der Waals surface area contributed by atoms with Crippen LogP contribution in [0.4, 0.5) is 9.52 Å². The van der Waals surface area contributed by atoms with Gasteiger partial charge in [0.1, 0.15) is 11.3 Å². The molecule has 0 bridgehead atoms. The summed E-state index contributed by atoms with van der Waals surface area (Å²) in [5.74, 6) is -0.576. The van der Waals surface area contributed by atoms with Gasteiger partial charge in [0.05, 0.1) is 10.6 Å². The fourth-order valence-electron chi connectivity index (χ4n) is 3.83. The molecular formula is C18H20FN3O2S. The van der Waals surface area contributed by atoms with Crippen LogP contribution in [0.15, 0.2) is 18.2 Å². The van der Waals surface area contributed by atoms with Crippen LogP contribution >= 0.6 is 11.3 Å². The second-order valence-corrected chi connectivity index (χ2v) is 7.85. The molecule has 1 aliphatic heterocycles. The fraction of sp³-hybridized carbons (Fsp3) is 0.500. The van der Waals surface area contributed by atoms with Gasteiger partial charge in [-0.2, -0.15) is 0 Å². The zero-order valence-electron chi connectivity index (χ0n) is 13.8. The highest BCUT2D eigenvalue weighted by Gasteiger charge is 2.35. The lowest BCUT2D eigenvalue weighted by molar-refractivity contribution is -0.139. The number of fused-ring (bicyclic) bond motifs is 1. The molecule has 1 aliphatic carbocycles. The van der Waals surface area contributed by atoms with Crippen molar-refractivity contribution in [3.63, 3.8) is 0 Å². The molecule has 4 rings (SSSR count). The molecule has 1 aromatic carbocycles. The van der Waals surface area contributed by atoms with Gasteiger partial charge < -0.3 is 10.2 Å². The van der Waals surface area contributed by atoms with Crippen molar-refractivity contribution in [2.24, 2.45) is 5.92 Å². The van der Waals surface area contributed by atoms with Crippen LogP contribution in [0.5, 0.6) is 0 Å². The Morgan fingerprint density at radius 1 is 1.28 bits per heavy atom. The molecule has 0 radical (unpaired) electrons. The number of anilines is 1. The number of nitrogens with one attached hydrogen (secondary N) is 1. The first-order chi connectivity index (χ1) is 12.1. The van der Waals surface area contributed by atoms with E-state index >= 15 is 0 Å². The number of hydrogen-bond donors (Lipinski definition) is 1. The number of para-hydroxylation sites is 1. The second-order valence-electron chi connectivity index (χ2n) is 6.81. The summed E-state index contributed by atoms with van der Waals surface area (Å²) >= 11 is 1.27. The summed E-state index contributed by atoms with van der Waals surface area (Å²) in [6, 6.07) is 5.07. The topological polar surface area (TPSA) is 62.3 Å². The number of thiazole rings is 1. The predicted molar refractivity (Wildman–Crippen MR) is 94.9 cm³/mol. The third-order valence-electron chi connectivity index (χ3n) is 5.18. The summed E-state index contributed by atoms with van der Waals surface area (Å²) in [5, 5.41) is 3.23. The Kier molecular flexibility index (Phi) is 4.41. The highest BCUT2D eigenvalue weighted by molar-refractivity contribution is 7.22. The molecule has 2 heterocycles. The molecule has 1 N–H and O–H groups in total. The standard InChI is InChI=1S/C18H20FN3O2S/c19-13-6-3-7-14-16(13)20-18(25-14)21-17(24)11-8-9-15(23)22(10-11)12-4-1-2-5-12/h3,6-7,11-12H,1-2,4-5,8-10H2,(H,20,21,24). The van der Waals surface area contributed by atoms with Crippen molar-refractivity contribution >= 4 is 38.5 Å². The fourth-order valence-corrected chi connectivity index (χ4v) is 4.71.